The smallest absolute Gasteiger partial charge is 0.372 e. The number of hydrogen-bond acceptors (Lipinski definition) is 4. The van der Waals surface area contributed by atoms with E-state index in [1.54, 1.807) is 13.0 Å². The van der Waals surface area contributed by atoms with Gasteiger partial charge in [-0.1, -0.05) is 0 Å². The fourth-order valence-corrected chi connectivity index (χ4v) is 2.21. The van der Waals surface area contributed by atoms with Gasteiger partial charge in [0.1, 0.15) is 12.4 Å². The second kappa shape index (κ2) is 6.02. The van der Waals surface area contributed by atoms with Gasteiger partial charge in [-0.3, -0.25) is 0 Å². The summed E-state index contributed by atoms with van der Waals surface area (Å²) < 4.78 is 10.8. The Morgan fingerprint density at radius 2 is 2.28 bits per heavy atom. The van der Waals surface area contributed by atoms with Crippen LogP contribution < -0.4 is 5.32 Å². The lowest BCUT2D eigenvalue weighted by Gasteiger charge is -2.21. The molecule has 0 amide bonds. The molecule has 0 radical (unpaired) electrons. The van der Waals surface area contributed by atoms with E-state index >= 15 is 0 Å². The molecule has 0 unspecified atom stereocenters. The molecule has 1 aromatic heterocycles. The third-order valence-corrected chi connectivity index (χ3v) is 3.22. The highest BCUT2D eigenvalue weighted by molar-refractivity contribution is 5.86. The maximum atomic E-state index is 10.8. The van der Waals surface area contributed by atoms with Crippen LogP contribution in [-0.2, 0) is 11.3 Å². The summed E-state index contributed by atoms with van der Waals surface area (Å²) in [6.07, 6.45) is 2.27. The Kier molecular flexibility index (Phi) is 4.38. The second-order valence-electron chi connectivity index (χ2n) is 4.74. The number of carbonyl (C=O) groups is 1. The van der Waals surface area contributed by atoms with Crippen molar-refractivity contribution >= 4 is 5.97 Å². The Labute approximate surface area is 106 Å². The molecule has 1 fully saturated rings. The van der Waals surface area contributed by atoms with Gasteiger partial charge in [-0.25, -0.2) is 4.79 Å². The fraction of sp³-hybridized carbons (Fsp3) is 0.615. The van der Waals surface area contributed by atoms with Crippen molar-refractivity contribution in [3.05, 3.63) is 23.2 Å². The number of furan rings is 1. The van der Waals surface area contributed by atoms with Crippen LogP contribution in [0.2, 0.25) is 0 Å². The van der Waals surface area contributed by atoms with Crippen LogP contribution in [0.1, 0.15) is 34.7 Å². The number of carboxylic acids is 1. The zero-order valence-electron chi connectivity index (χ0n) is 10.6. The predicted octanol–water partition coefficient (Wildman–Crippen LogP) is 1.80. The Morgan fingerprint density at radius 1 is 1.56 bits per heavy atom. The summed E-state index contributed by atoms with van der Waals surface area (Å²) in [4.78, 5) is 10.8. The first-order chi connectivity index (χ1) is 8.66. The molecule has 0 atom stereocenters. The van der Waals surface area contributed by atoms with E-state index in [2.05, 4.69) is 5.32 Å². The van der Waals surface area contributed by atoms with E-state index in [1.807, 2.05) is 0 Å². The van der Waals surface area contributed by atoms with Crippen molar-refractivity contribution in [1.29, 1.82) is 0 Å². The number of rotatable bonds is 5. The van der Waals surface area contributed by atoms with Crippen LogP contribution in [0.25, 0.3) is 0 Å². The molecule has 2 heterocycles. The minimum absolute atomic E-state index is 0.00969. The van der Waals surface area contributed by atoms with Crippen LogP contribution in [-0.4, -0.2) is 30.8 Å². The first-order valence-electron chi connectivity index (χ1n) is 6.28. The van der Waals surface area contributed by atoms with Gasteiger partial charge in [0.2, 0.25) is 5.76 Å². The van der Waals surface area contributed by atoms with E-state index in [0.717, 1.165) is 25.9 Å². The molecule has 0 spiro atoms. The minimum atomic E-state index is -1.03. The second-order valence-corrected chi connectivity index (χ2v) is 4.74. The average Bonchev–Trinajstić information content (AvgIpc) is 2.72. The molecular weight excluding hydrogens is 234 g/mol. The lowest BCUT2D eigenvalue weighted by Crippen LogP contribution is -2.29. The van der Waals surface area contributed by atoms with E-state index < -0.39 is 5.97 Å². The molecule has 1 aliphatic rings. The molecule has 100 valence electrons. The van der Waals surface area contributed by atoms with Gasteiger partial charge in [0.25, 0.3) is 0 Å². The lowest BCUT2D eigenvalue weighted by molar-refractivity contribution is 0.0590. The van der Waals surface area contributed by atoms with Gasteiger partial charge in [-0.15, -0.1) is 0 Å². The highest BCUT2D eigenvalue weighted by atomic mass is 16.5. The molecule has 5 nitrogen and oxygen atoms in total. The number of piperidine rings is 1. The molecule has 1 aliphatic heterocycles. The maximum Gasteiger partial charge on any atom is 0.372 e. The summed E-state index contributed by atoms with van der Waals surface area (Å²) in [5.74, 6) is 0.160. The van der Waals surface area contributed by atoms with Crippen molar-refractivity contribution in [1.82, 2.24) is 5.32 Å². The van der Waals surface area contributed by atoms with Crippen molar-refractivity contribution in [3.63, 3.8) is 0 Å². The summed E-state index contributed by atoms with van der Waals surface area (Å²) in [6.45, 7) is 4.89. The van der Waals surface area contributed by atoms with Crippen molar-refractivity contribution in [3.8, 4) is 0 Å². The zero-order chi connectivity index (χ0) is 13.0. The fourth-order valence-electron chi connectivity index (χ4n) is 2.21. The molecule has 0 aromatic carbocycles. The quantitative estimate of drug-likeness (QED) is 0.837. The minimum Gasteiger partial charge on any atom is -0.475 e. The molecule has 0 aliphatic carbocycles. The number of aromatic carboxylic acids is 1. The van der Waals surface area contributed by atoms with Crippen LogP contribution in [0.5, 0.6) is 0 Å². The first-order valence-corrected chi connectivity index (χ1v) is 6.28. The van der Waals surface area contributed by atoms with Crippen LogP contribution in [0.3, 0.4) is 0 Å². The van der Waals surface area contributed by atoms with Crippen LogP contribution >= 0.6 is 0 Å². The number of hydrogen-bond donors (Lipinski definition) is 2. The standard InChI is InChI=1S/C13H19NO4/c1-9-6-11(18-12(9)13(15)16)8-17-7-10-2-4-14-5-3-10/h6,10,14H,2-5,7-8H2,1H3,(H,15,16). The van der Waals surface area contributed by atoms with Crippen LogP contribution in [0.15, 0.2) is 10.5 Å². The van der Waals surface area contributed by atoms with Gasteiger partial charge in [-0.05, 0) is 44.8 Å². The molecular formula is C13H19NO4. The van der Waals surface area contributed by atoms with Crippen molar-refractivity contribution in [2.45, 2.75) is 26.4 Å². The molecule has 2 N–H and O–H groups in total. The number of aryl methyl sites for hydroxylation is 1. The van der Waals surface area contributed by atoms with Gasteiger partial charge < -0.3 is 19.6 Å². The maximum absolute atomic E-state index is 10.8. The summed E-state index contributed by atoms with van der Waals surface area (Å²) in [5, 5.41) is 12.2. The molecule has 5 heteroatoms. The van der Waals surface area contributed by atoms with E-state index in [4.69, 9.17) is 14.3 Å². The highest BCUT2D eigenvalue weighted by Crippen LogP contribution is 2.17. The lowest BCUT2D eigenvalue weighted by atomic mass is 9.99. The number of carboxylic acid groups (broad SMARTS) is 1. The Hall–Kier alpha value is -1.33. The van der Waals surface area contributed by atoms with Crippen molar-refractivity contribution in [2.24, 2.45) is 5.92 Å². The molecule has 18 heavy (non-hydrogen) atoms. The monoisotopic (exact) mass is 253 g/mol. The first kappa shape index (κ1) is 13.1. The van der Waals surface area contributed by atoms with Gasteiger partial charge in [0.05, 0.1) is 6.61 Å². The van der Waals surface area contributed by atoms with Crippen molar-refractivity contribution in [2.75, 3.05) is 19.7 Å². The third kappa shape index (κ3) is 3.34. The van der Waals surface area contributed by atoms with E-state index in [1.165, 1.54) is 0 Å². The van der Waals surface area contributed by atoms with Gasteiger partial charge in [0, 0.05) is 5.56 Å². The van der Waals surface area contributed by atoms with Gasteiger partial charge in [-0.2, -0.15) is 0 Å². The molecule has 1 aromatic rings. The number of ether oxygens (including phenoxy) is 1. The molecule has 0 saturated carbocycles. The predicted molar refractivity (Wildman–Crippen MR) is 65.7 cm³/mol. The van der Waals surface area contributed by atoms with Gasteiger partial charge in [0.15, 0.2) is 0 Å². The van der Waals surface area contributed by atoms with E-state index in [0.29, 0.717) is 30.5 Å². The van der Waals surface area contributed by atoms with Gasteiger partial charge >= 0.3 is 5.97 Å². The Bertz CT molecular complexity index is 407. The summed E-state index contributed by atoms with van der Waals surface area (Å²) in [7, 11) is 0. The SMILES string of the molecule is Cc1cc(COCC2CCNCC2)oc1C(=O)O. The average molecular weight is 253 g/mol. The van der Waals surface area contributed by atoms with Crippen LogP contribution in [0.4, 0.5) is 0 Å². The highest BCUT2D eigenvalue weighted by Gasteiger charge is 2.16. The number of nitrogens with one attached hydrogen (secondary N) is 1. The Morgan fingerprint density at radius 3 is 2.89 bits per heavy atom. The van der Waals surface area contributed by atoms with E-state index in [9.17, 15) is 4.79 Å². The van der Waals surface area contributed by atoms with Crippen LogP contribution in [0, 0.1) is 12.8 Å². The largest absolute Gasteiger partial charge is 0.475 e. The molecule has 1 saturated heterocycles. The van der Waals surface area contributed by atoms with E-state index in [-0.39, 0.29) is 5.76 Å². The Balaban J connectivity index is 1.79. The van der Waals surface area contributed by atoms with Crippen molar-refractivity contribution < 1.29 is 19.1 Å². The zero-order valence-corrected chi connectivity index (χ0v) is 10.6. The summed E-state index contributed by atoms with van der Waals surface area (Å²) >= 11 is 0. The summed E-state index contributed by atoms with van der Waals surface area (Å²) in [6, 6.07) is 1.73. The topological polar surface area (TPSA) is 71.7 Å². The third-order valence-electron chi connectivity index (χ3n) is 3.22. The molecule has 2 rings (SSSR count). The normalized spacial score (nSPS) is 16.9. The molecule has 0 bridgehead atoms. The summed E-state index contributed by atoms with van der Waals surface area (Å²) in [5.41, 5.74) is 0.642.